The zero-order valence-electron chi connectivity index (χ0n) is 11.7. The molecule has 0 aliphatic rings. The average Bonchev–Trinajstić information content (AvgIpc) is 2.26. The first-order valence-electron chi connectivity index (χ1n) is 6.16. The van der Waals surface area contributed by atoms with Crippen molar-refractivity contribution in [1.29, 1.82) is 0 Å². The minimum Gasteiger partial charge on any atom is -0.309 e. The van der Waals surface area contributed by atoms with E-state index in [-0.39, 0.29) is 17.4 Å². The molecule has 0 saturated heterocycles. The maximum atomic E-state index is 14.1. The van der Waals surface area contributed by atoms with Gasteiger partial charge in [0.2, 0.25) is 0 Å². The zero-order chi connectivity index (χ0) is 13.9. The van der Waals surface area contributed by atoms with Crippen molar-refractivity contribution in [2.45, 2.75) is 32.4 Å². The monoisotopic (exact) mass is 272 g/mol. The number of hydrogen-bond acceptors (Lipinski definition) is 2. The molecule has 0 amide bonds. The van der Waals surface area contributed by atoms with Crippen LogP contribution in [0.5, 0.6) is 0 Å². The fraction of sp³-hybridized carbons (Fsp3) is 0.571. The number of nitrogens with one attached hydrogen (secondary N) is 1. The maximum Gasteiger partial charge on any atom is 0.129 e. The first-order valence-corrected chi connectivity index (χ1v) is 6.54. The number of hydrogen-bond donors (Lipinski definition) is 1. The Bertz CT molecular complexity index is 405. The van der Waals surface area contributed by atoms with E-state index in [1.165, 1.54) is 6.07 Å². The largest absolute Gasteiger partial charge is 0.309 e. The van der Waals surface area contributed by atoms with Gasteiger partial charge in [0.15, 0.2) is 0 Å². The third-order valence-electron chi connectivity index (χ3n) is 3.54. The molecule has 1 rings (SSSR count). The highest BCUT2D eigenvalue weighted by atomic mass is 35.5. The fourth-order valence-electron chi connectivity index (χ4n) is 1.94. The van der Waals surface area contributed by atoms with Gasteiger partial charge in [-0.1, -0.05) is 24.6 Å². The van der Waals surface area contributed by atoms with Gasteiger partial charge in [0.1, 0.15) is 5.82 Å². The Hall–Kier alpha value is -0.640. The predicted molar refractivity (Wildman–Crippen MR) is 75.6 cm³/mol. The predicted octanol–water partition coefficient (Wildman–Crippen LogP) is 3.47. The summed E-state index contributed by atoms with van der Waals surface area (Å²) in [5, 5.41) is 3.78. The topological polar surface area (TPSA) is 15.3 Å². The lowest BCUT2D eigenvalue weighted by molar-refractivity contribution is 0.137. The summed E-state index contributed by atoms with van der Waals surface area (Å²) in [4.78, 5) is 2.09. The highest BCUT2D eigenvalue weighted by molar-refractivity contribution is 6.30. The standard InChI is InChI=1S/C14H22ClFN2/c1-6-17-13(14(2,3)18(4)5)11-8-7-10(15)9-12(11)16/h7-9,13,17H,6H2,1-5H3. The summed E-state index contributed by atoms with van der Waals surface area (Å²) in [6, 6.07) is 4.77. The highest BCUT2D eigenvalue weighted by Crippen LogP contribution is 2.31. The van der Waals surface area contributed by atoms with Crippen LogP contribution in [0.3, 0.4) is 0 Å². The number of nitrogens with zero attached hydrogens (tertiary/aromatic N) is 1. The van der Waals surface area contributed by atoms with E-state index in [2.05, 4.69) is 24.1 Å². The molecule has 0 bridgehead atoms. The second kappa shape index (κ2) is 6.00. The lowest BCUT2D eigenvalue weighted by Gasteiger charge is -2.41. The summed E-state index contributed by atoms with van der Waals surface area (Å²) in [6.07, 6.45) is 0. The molecule has 1 atom stereocenters. The number of halogens is 2. The molecule has 0 fully saturated rings. The van der Waals surface area contributed by atoms with E-state index in [0.29, 0.717) is 10.6 Å². The molecule has 0 radical (unpaired) electrons. The molecule has 1 N–H and O–H groups in total. The van der Waals surface area contributed by atoms with Crippen LogP contribution in [0.1, 0.15) is 32.4 Å². The Morgan fingerprint density at radius 1 is 1.39 bits per heavy atom. The fourth-order valence-corrected chi connectivity index (χ4v) is 2.10. The van der Waals surface area contributed by atoms with Crippen LogP contribution in [0.25, 0.3) is 0 Å². The molecule has 0 aromatic heterocycles. The lowest BCUT2D eigenvalue weighted by Crippen LogP contribution is -2.49. The van der Waals surface area contributed by atoms with Crippen molar-refractivity contribution in [3.8, 4) is 0 Å². The van der Waals surface area contributed by atoms with Crippen LogP contribution in [0, 0.1) is 5.82 Å². The SMILES string of the molecule is CCNC(c1ccc(Cl)cc1F)C(C)(C)N(C)C. The Morgan fingerprint density at radius 3 is 2.44 bits per heavy atom. The van der Waals surface area contributed by atoms with Crippen molar-refractivity contribution in [2.24, 2.45) is 0 Å². The molecule has 0 spiro atoms. The third kappa shape index (κ3) is 3.22. The van der Waals surface area contributed by atoms with Crippen molar-refractivity contribution in [1.82, 2.24) is 10.2 Å². The van der Waals surface area contributed by atoms with Crippen LogP contribution in [0.4, 0.5) is 4.39 Å². The Morgan fingerprint density at radius 2 is 2.00 bits per heavy atom. The number of benzene rings is 1. The minimum absolute atomic E-state index is 0.0882. The summed E-state index contributed by atoms with van der Waals surface area (Å²) >= 11 is 5.80. The first-order chi connectivity index (χ1) is 8.30. The van der Waals surface area contributed by atoms with E-state index >= 15 is 0 Å². The molecule has 1 unspecified atom stereocenters. The average molecular weight is 273 g/mol. The van der Waals surface area contributed by atoms with Crippen molar-refractivity contribution in [3.63, 3.8) is 0 Å². The smallest absolute Gasteiger partial charge is 0.129 e. The summed E-state index contributed by atoms with van der Waals surface area (Å²) in [6.45, 7) is 6.99. The Labute approximate surface area is 114 Å². The minimum atomic E-state index is -0.261. The number of rotatable bonds is 5. The van der Waals surface area contributed by atoms with Gasteiger partial charge in [-0.25, -0.2) is 4.39 Å². The normalized spacial score (nSPS) is 14.0. The molecule has 0 aliphatic heterocycles. The van der Waals surface area contributed by atoms with Crippen molar-refractivity contribution >= 4 is 11.6 Å². The molecule has 2 nitrogen and oxygen atoms in total. The quantitative estimate of drug-likeness (QED) is 0.883. The van der Waals surface area contributed by atoms with E-state index in [9.17, 15) is 4.39 Å². The van der Waals surface area contributed by atoms with E-state index in [1.54, 1.807) is 12.1 Å². The Balaban J connectivity index is 3.19. The molecule has 0 aliphatic carbocycles. The van der Waals surface area contributed by atoms with Crippen molar-refractivity contribution in [2.75, 3.05) is 20.6 Å². The second-order valence-electron chi connectivity index (χ2n) is 5.20. The van der Waals surface area contributed by atoms with Gasteiger partial charge in [-0.3, -0.25) is 0 Å². The summed E-state index contributed by atoms with van der Waals surface area (Å²) in [5.74, 6) is -0.261. The van der Waals surface area contributed by atoms with Crippen molar-refractivity contribution < 1.29 is 4.39 Å². The van der Waals surface area contributed by atoms with Gasteiger partial charge in [-0.05, 0) is 46.6 Å². The van der Waals surface area contributed by atoms with Crippen LogP contribution in [-0.4, -0.2) is 31.1 Å². The molecule has 102 valence electrons. The first kappa shape index (κ1) is 15.4. The summed E-state index contributed by atoms with van der Waals surface area (Å²) in [7, 11) is 4.00. The molecule has 1 aromatic carbocycles. The summed E-state index contributed by atoms with van der Waals surface area (Å²) < 4.78 is 14.1. The molecule has 18 heavy (non-hydrogen) atoms. The van der Waals surface area contributed by atoms with Crippen LogP contribution < -0.4 is 5.32 Å². The van der Waals surface area contributed by atoms with E-state index in [4.69, 9.17) is 11.6 Å². The van der Waals surface area contributed by atoms with Gasteiger partial charge in [0.05, 0.1) is 6.04 Å². The van der Waals surface area contributed by atoms with E-state index in [0.717, 1.165) is 6.54 Å². The van der Waals surface area contributed by atoms with Gasteiger partial charge < -0.3 is 10.2 Å². The van der Waals surface area contributed by atoms with Crippen LogP contribution in [0.15, 0.2) is 18.2 Å². The maximum absolute atomic E-state index is 14.1. The molecular weight excluding hydrogens is 251 g/mol. The van der Waals surface area contributed by atoms with Gasteiger partial charge in [-0.2, -0.15) is 0 Å². The van der Waals surface area contributed by atoms with Crippen LogP contribution in [-0.2, 0) is 0 Å². The van der Waals surface area contributed by atoms with E-state index < -0.39 is 0 Å². The van der Waals surface area contributed by atoms with Gasteiger partial charge in [0, 0.05) is 16.1 Å². The molecule has 1 aromatic rings. The molecule has 0 saturated carbocycles. The Kier molecular flexibility index (Phi) is 5.14. The van der Waals surface area contributed by atoms with Crippen molar-refractivity contribution in [3.05, 3.63) is 34.6 Å². The van der Waals surface area contributed by atoms with Gasteiger partial charge >= 0.3 is 0 Å². The third-order valence-corrected chi connectivity index (χ3v) is 3.78. The zero-order valence-corrected chi connectivity index (χ0v) is 12.5. The molecule has 4 heteroatoms. The highest BCUT2D eigenvalue weighted by Gasteiger charge is 2.33. The van der Waals surface area contributed by atoms with E-state index in [1.807, 2.05) is 21.0 Å². The second-order valence-corrected chi connectivity index (χ2v) is 5.64. The summed E-state index contributed by atoms with van der Waals surface area (Å²) in [5.41, 5.74) is 0.449. The lowest BCUT2D eigenvalue weighted by atomic mass is 9.87. The van der Waals surface area contributed by atoms with Gasteiger partial charge in [0.25, 0.3) is 0 Å². The van der Waals surface area contributed by atoms with Gasteiger partial charge in [-0.15, -0.1) is 0 Å². The molecule has 0 heterocycles. The van der Waals surface area contributed by atoms with Crippen LogP contribution >= 0.6 is 11.6 Å². The number of likely N-dealkylation sites (N-methyl/N-ethyl adjacent to an activating group) is 2. The molecular formula is C14H22ClFN2. The van der Waals surface area contributed by atoms with Crippen LogP contribution in [0.2, 0.25) is 5.02 Å².